The van der Waals surface area contributed by atoms with E-state index >= 15 is 0 Å². The molecule has 1 aliphatic rings. The third-order valence-electron chi connectivity index (χ3n) is 3.78. The number of esters is 1. The van der Waals surface area contributed by atoms with Crippen molar-refractivity contribution < 1.29 is 19.4 Å². The van der Waals surface area contributed by atoms with Crippen LogP contribution in [0.15, 0.2) is 29.5 Å². The fraction of sp³-hybridized carbons (Fsp3) is 0.267. The highest BCUT2D eigenvalue weighted by molar-refractivity contribution is 6.31. The fourth-order valence-corrected chi connectivity index (χ4v) is 2.75. The molecule has 1 aromatic heterocycles. The fourth-order valence-electron chi connectivity index (χ4n) is 2.57. The topological polar surface area (TPSA) is 133 Å². The van der Waals surface area contributed by atoms with Crippen molar-refractivity contribution in [3.63, 3.8) is 0 Å². The van der Waals surface area contributed by atoms with Crippen molar-refractivity contribution in [3.05, 3.63) is 34.5 Å². The van der Waals surface area contributed by atoms with Crippen molar-refractivity contribution in [2.45, 2.75) is 0 Å². The average Bonchev–Trinajstić information content (AvgIpc) is 3.26. The van der Waals surface area contributed by atoms with Crippen molar-refractivity contribution in [3.8, 4) is 11.4 Å². The summed E-state index contributed by atoms with van der Waals surface area (Å²) in [6.07, 6.45) is 0. The van der Waals surface area contributed by atoms with Gasteiger partial charge in [-0.3, -0.25) is 4.79 Å². The van der Waals surface area contributed by atoms with Crippen LogP contribution in [0, 0.1) is 0 Å². The molecule has 0 spiro atoms. The second-order valence-corrected chi connectivity index (χ2v) is 5.78. The number of tetrazole rings is 1. The van der Waals surface area contributed by atoms with Gasteiger partial charge in [-0.05, 0) is 23.4 Å². The number of anilines is 1. The standard InChI is InChI=1S/C15H15ClN6O4/c1-26-15(25)10-7-22(4-5-23)14(24)12(10)17-11-6-8(16)2-3-9(11)13-18-20-21-19-13/h2-3,6,17,23H,4-5,7H2,1H3,(H,18,19,20,21). The van der Waals surface area contributed by atoms with Crippen LogP contribution in [0.5, 0.6) is 0 Å². The number of hydrogen-bond acceptors (Lipinski definition) is 8. The van der Waals surface area contributed by atoms with Gasteiger partial charge in [0, 0.05) is 17.1 Å². The zero-order valence-corrected chi connectivity index (χ0v) is 14.4. The lowest BCUT2D eigenvalue weighted by atomic mass is 10.1. The normalized spacial score (nSPS) is 14.1. The molecule has 0 fully saturated rings. The molecule has 0 radical (unpaired) electrons. The summed E-state index contributed by atoms with van der Waals surface area (Å²) in [4.78, 5) is 26.0. The first-order valence-corrected chi connectivity index (χ1v) is 7.95. The number of aliphatic hydroxyl groups is 1. The molecular weight excluding hydrogens is 364 g/mol. The number of aromatic amines is 1. The number of ether oxygens (including phenoxy) is 1. The Morgan fingerprint density at radius 2 is 2.31 bits per heavy atom. The largest absolute Gasteiger partial charge is 0.466 e. The average molecular weight is 379 g/mol. The number of carbonyl (C=O) groups is 2. The summed E-state index contributed by atoms with van der Waals surface area (Å²) in [5.74, 6) is -0.773. The van der Waals surface area contributed by atoms with E-state index in [0.717, 1.165) is 0 Å². The number of hydrogen-bond donors (Lipinski definition) is 3. The minimum Gasteiger partial charge on any atom is -0.466 e. The first kappa shape index (κ1) is 17.8. The van der Waals surface area contributed by atoms with E-state index in [2.05, 4.69) is 25.9 Å². The molecule has 26 heavy (non-hydrogen) atoms. The first-order valence-electron chi connectivity index (χ1n) is 7.57. The molecular formula is C15H15ClN6O4. The number of nitrogens with zero attached hydrogens (tertiary/aromatic N) is 4. The van der Waals surface area contributed by atoms with Gasteiger partial charge in [-0.1, -0.05) is 11.6 Å². The Balaban J connectivity index is 2.02. The van der Waals surface area contributed by atoms with Gasteiger partial charge >= 0.3 is 5.97 Å². The summed E-state index contributed by atoms with van der Waals surface area (Å²) in [7, 11) is 1.23. The molecule has 11 heteroatoms. The first-order chi connectivity index (χ1) is 12.5. The van der Waals surface area contributed by atoms with Crippen molar-refractivity contribution in [1.82, 2.24) is 25.5 Å². The number of methoxy groups -OCH3 is 1. The van der Waals surface area contributed by atoms with Gasteiger partial charge in [0.2, 0.25) is 5.82 Å². The highest BCUT2D eigenvalue weighted by Gasteiger charge is 2.34. The Labute approximate surface area is 152 Å². The zero-order valence-electron chi connectivity index (χ0n) is 13.7. The monoisotopic (exact) mass is 378 g/mol. The molecule has 0 atom stereocenters. The maximum Gasteiger partial charge on any atom is 0.337 e. The van der Waals surface area contributed by atoms with Gasteiger partial charge in [0.1, 0.15) is 5.70 Å². The number of nitrogens with one attached hydrogen (secondary N) is 2. The molecule has 0 saturated carbocycles. The molecule has 10 nitrogen and oxygen atoms in total. The summed E-state index contributed by atoms with van der Waals surface area (Å²) >= 11 is 6.06. The van der Waals surface area contributed by atoms with Crippen LogP contribution in [-0.2, 0) is 14.3 Å². The lowest BCUT2D eigenvalue weighted by Crippen LogP contribution is -2.31. The molecule has 3 N–H and O–H groups in total. The summed E-state index contributed by atoms with van der Waals surface area (Å²) in [6, 6.07) is 4.89. The number of carbonyl (C=O) groups excluding carboxylic acids is 2. The van der Waals surface area contributed by atoms with Crippen LogP contribution < -0.4 is 5.32 Å². The highest BCUT2D eigenvalue weighted by atomic mass is 35.5. The van der Waals surface area contributed by atoms with Crippen LogP contribution in [0.4, 0.5) is 5.69 Å². The quantitative estimate of drug-likeness (QED) is 0.607. The third-order valence-corrected chi connectivity index (χ3v) is 4.02. The van der Waals surface area contributed by atoms with Gasteiger partial charge < -0.3 is 20.1 Å². The van der Waals surface area contributed by atoms with Crippen molar-refractivity contribution in [1.29, 1.82) is 0 Å². The number of benzene rings is 1. The minimum atomic E-state index is -0.635. The molecule has 0 aliphatic carbocycles. The van der Waals surface area contributed by atoms with E-state index in [9.17, 15) is 9.59 Å². The predicted octanol–water partition coefficient (Wildman–Crippen LogP) is 0.194. The molecule has 2 aromatic rings. The van der Waals surface area contributed by atoms with Crippen LogP contribution >= 0.6 is 11.6 Å². The van der Waals surface area contributed by atoms with Crippen LogP contribution in [0.3, 0.4) is 0 Å². The van der Waals surface area contributed by atoms with Gasteiger partial charge in [-0.2, -0.15) is 5.21 Å². The van der Waals surface area contributed by atoms with Crippen molar-refractivity contribution >= 4 is 29.2 Å². The molecule has 2 heterocycles. The second-order valence-electron chi connectivity index (χ2n) is 5.35. The third kappa shape index (κ3) is 3.37. The van der Waals surface area contributed by atoms with E-state index in [-0.39, 0.29) is 31.0 Å². The molecule has 1 amide bonds. The van der Waals surface area contributed by atoms with Crippen molar-refractivity contribution in [2.75, 3.05) is 32.1 Å². The maximum atomic E-state index is 12.6. The van der Waals surface area contributed by atoms with E-state index < -0.39 is 11.9 Å². The molecule has 1 aliphatic heterocycles. The number of H-pyrrole nitrogens is 1. The molecule has 136 valence electrons. The molecule has 0 bridgehead atoms. The summed E-state index contributed by atoms with van der Waals surface area (Å²) in [5.41, 5.74) is 1.17. The van der Waals surface area contributed by atoms with Crippen LogP contribution in [0.1, 0.15) is 0 Å². The highest BCUT2D eigenvalue weighted by Crippen LogP contribution is 2.31. The van der Waals surface area contributed by atoms with E-state index in [1.807, 2.05) is 0 Å². The number of aliphatic hydroxyl groups excluding tert-OH is 1. The minimum absolute atomic E-state index is 0.0342. The van der Waals surface area contributed by atoms with Crippen LogP contribution in [0.25, 0.3) is 11.4 Å². The Morgan fingerprint density at radius 1 is 1.50 bits per heavy atom. The molecule has 0 unspecified atom stereocenters. The number of β-amino-alcohol motifs (C(OH)–C–C–N with tert-alkyl or cyclic N) is 1. The lowest BCUT2D eigenvalue weighted by molar-refractivity contribution is -0.136. The molecule has 3 rings (SSSR count). The Hall–Kier alpha value is -2.98. The van der Waals surface area contributed by atoms with E-state index in [4.69, 9.17) is 21.4 Å². The number of aromatic nitrogens is 4. The lowest BCUT2D eigenvalue weighted by Gasteiger charge is -2.15. The second kappa shape index (κ2) is 7.50. The molecule has 0 saturated heterocycles. The van der Waals surface area contributed by atoms with Gasteiger partial charge in [0.05, 0.1) is 31.5 Å². The summed E-state index contributed by atoms with van der Waals surface area (Å²) < 4.78 is 4.76. The summed E-state index contributed by atoms with van der Waals surface area (Å²) in [6.45, 7) is -0.0942. The predicted molar refractivity (Wildman–Crippen MR) is 91.0 cm³/mol. The number of amides is 1. The van der Waals surface area contributed by atoms with Gasteiger partial charge in [-0.15, -0.1) is 10.2 Å². The zero-order chi connectivity index (χ0) is 18.7. The smallest absolute Gasteiger partial charge is 0.337 e. The van der Waals surface area contributed by atoms with Gasteiger partial charge in [0.15, 0.2) is 0 Å². The Kier molecular flexibility index (Phi) is 5.14. The molecule has 1 aromatic carbocycles. The van der Waals surface area contributed by atoms with E-state index in [1.54, 1.807) is 18.2 Å². The Bertz CT molecular complexity index is 867. The summed E-state index contributed by atoms with van der Waals surface area (Å²) in [5, 5.41) is 26.2. The van der Waals surface area contributed by atoms with Crippen molar-refractivity contribution in [2.24, 2.45) is 0 Å². The van der Waals surface area contributed by atoms with Crippen LogP contribution in [0.2, 0.25) is 5.02 Å². The van der Waals surface area contributed by atoms with Gasteiger partial charge in [0.25, 0.3) is 5.91 Å². The van der Waals surface area contributed by atoms with E-state index in [1.165, 1.54) is 12.0 Å². The number of rotatable bonds is 6. The van der Waals surface area contributed by atoms with Crippen LogP contribution in [-0.4, -0.2) is 69.3 Å². The Morgan fingerprint density at radius 3 is 2.96 bits per heavy atom. The number of halogens is 1. The van der Waals surface area contributed by atoms with E-state index in [0.29, 0.717) is 22.1 Å². The SMILES string of the molecule is COC(=O)C1=C(Nc2cc(Cl)ccc2-c2nn[nH]n2)C(=O)N(CCO)C1. The maximum absolute atomic E-state index is 12.6. The van der Waals surface area contributed by atoms with Gasteiger partial charge in [-0.25, -0.2) is 4.79 Å².